The second kappa shape index (κ2) is 7.27. The summed E-state index contributed by atoms with van der Waals surface area (Å²) in [5, 5.41) is 17.9. The number of hydrogen-bond acceptors (Lipinski definition) is 4. The van der Waals surface area contributed by atoms with Crippen molar-refractivity contribution in [2.75, 3.05) is 5.32 Å². The van der Waals surface area contributed by atoms with E-state index in [1.807, 2.05) is 29.6 Å². The van der Waals surface area contributed by atoms with E-state index in [-0.39, 0.29) is 0 Å². The predicted molar refractivity (Wildman–Crippen MR) is 113 cm³/mol. The van der Waals surface area contributed by atoms with E-state index in [9.17, 15) is 5.26 Å². The summed E-state index contributed by atoms with van der Waals surface area (Å²) in [6.45, 7) is 8.54. The van der Waals surface area contributed by atoms with E-state index in [1.165, 1.54) is 11.3 Å². The van der Waals surface area contributed by atoms with Crippen LogP contribution in [0, 0.1) is 25.2 Å². The smallest absolute Gasteiger partial charge is 0.165 e. The van der Waals surface area contributed by atoms with Gasteiger partial charge in [0.15, 0.2) is 5.65 Å². The van der Waals surface area contributed by atoms with E-state index >= 15 is 0 Å². The highest BCUT2D eigenvalue weighted by Crippen LogP contribution is 2.36. The number of nitrogens with zero attached hydrogens (tertiary/aromatic N) is 4. The third-order valence-corrected chi connectivity index (χ3v) is 5.91. The molecule has 2 aromatic heterocycles. The van der Waals surface area contributed by atoms with E-state index in [1.54, 1.807) is 0 Å². The molecule has 0 saturated carbocycles. The first-order valence-electron chi connectivity index (χ1n) is 10.3. The minimum atomic E-state index is 0.430. The highest BCUT2D eigenvalue weighted by molar-refractivity contribution is 5.83. The van der Waals surface area contributed by atoms with Crippen molar-refractivity contribution in [2.24, 2.45) is 0 Å². The molecule has 3 aromatic rings. The van der Waals surface area contributed by atoms with Crippen LogP contribution in [-0.2, 0) is 12.8 Å². The Labute approximate surface area is 166 Å². The molecular formula is C23H27N5. The number of hydrogen-bond donors (Lipinski definition) is 1. The molecule has 4 rings (SSSR count). The SMILES string of the molecule is CCC(CC)Nc1c2c(nc3c(-c4ccc(C#N)cc4C)c(C)nn13)CCC2. The van der Waals surface area contributed by atoms with Gasteiger partial charge in [-0.3, -0.25) is 0 Å². The number of aromatic nitrogens is 3. The zero-order valence-corrected chi connectivity index (χ0v) is 17.1. The van der Waals surface area contributed by atoms with Gasteiger partial charge in [-0.05, 0) is 69.2 Å². The molecular weight excluding hydrogens is 346 g/mol. The first-order chi connectivity index (χ1) is 13.6. The molecule has 28 heavy (non-hydrogen) atoms. The van der Waals surface area contributed by atoms with E-state index in [4.69, 9.17) is 10.1 Å². The summed E-state index contributed by atoms with van der Waals surface area (Å²) < 4.78 is 2.02. The topological polar surface area (TPSA) is 66.0 Å². The van der Waals surface area contributed by atoms with Crippen LogP contribution in [0.25, 0.3) is 16.8 Å². The molecule has 0 atom stereocenters. The van der Waals surface area contributed by atoms with Crippen molar-refractivity contribution in [3.63, 3.8) is 0 Å². The van der Waals surface area contributed by atoms with E-state index in [0.717, 1.165) is 66.0 Å². The molecule has 0 aliphatic heterocycles. The molecule has 5 nitrogen and oxygen atoms in total. The number of rotatable bonds is 5. The summed E-state index contributed by atoms with van der Waals surface area (Å²) in [6.07, 6.45) is 5.40. The number of fused-ring (bicyclic) bond motifs is 2. The highest BCUT2D eigenvalue weighted by atomic mass is 15.3. The third kappa shape index (κ3) is 2.93. The van der Waals surface area contributed by atoms with Gasteiger partial charge in [-0.1, -0.05) is 19.9 Å². The van der Waals surface area contributed by atoms with Crippen LogP contribution in [0.4, 0.5) is 5.82 Å². The second-order valence-electron chi connectivity index (χ2n) is 7.73. The molecule has 0 fully saturated rings. The van der Waals surface area contributed by atoms with Crippen LogP contribution in [-0.4, -0.2) is 20.6 Å². The van der Waals surface area contributed by atoms with Crippen LogP contribution in [0.1, 0.15) is 61.2 Å². The van der Waals surface area contributed by atoms with Gasteiger partial charge in [-0.25, -0.2) is 4.98 Å². The normalized spacial score (nSPS) is 13.1. The number of nitriles is 1. The molecule has 1 aromatic carbocycles. The van der Waals surface area contributed by atoms with Crippen molar-refractivity contribution in [3.05, 3.63) is 46.3 Å². The lowest BCUT2D eigenvalue weighted by Gasteiger charge is -2.20. The quantitative estimate of drug-likeness (QED) is 0.685. The molecule has 1 aliphatic carbocycles. The molecule has 0 unspecified atom stereocenters. The van der Waals surface area contributed by atoms with Gasteiger partial charge >= 0.3 is 0 Å². The first kappa shape index (κ1) is 18.5. The molecule has 5 heteroatoms. The van der Waals surface area contributed by atoms with Gasteiger partial charge in [0.25, 0.3) is 0 Å². The van der Waals surface area contributed by atoms with Gasteiger partial charge in [0.2, 0.25) is 0 Å². The lowest BCUT2D eigenvalue weighted by atomic mass is 9.99. The van der Waals surface area contributed by atoms with Crippen molar-refractivity contribution < 1.29 is 0 Å². The van der Waals surface area contributed by atoms with Crippen LogP contribution >= 0.6 is 0 Å². The third-order valence-electron chi connectivity index (χ3n) is 5.91. The Balaban J connectivity index is 1.96. The Kier molecular flexibility index (Phi) is 4.80. The van der Waals surface area contributed by atoms with E-state index in [2.05, 4.69) is 32.2 Å². The van der Waals surface area contributed by atoms with Crippen molar-refractivity contribution in [3.8, 4) is 17.2 Å². The Morgan fingerprint density at radius 3 is 2.68 bits per heavy atom. The van der Waals surface area contributed by atoms with E-state index < -0.39 is 0 Å². The van der Waals surface area contributed by atoms with Crippen molar-refractivity contribution >= 4 is 11.5 Å². The molecule has 144 valence electrons. The Morgan fingerprint density at radius 1 is 1.21 bits per heavy atom. The monoisotopic (exact) mass is 373 g/mol. The Morgan fingerprint density at radius 2 is 2.00 bits per heavy atom. The fraction of sp³-hybridized carbons (Fsp3) is 0.435. The minimum Gasteiger partial charge on any atom is -0.367 e. The fourth-order valence-corrected chi connectivity index (χ4v) is 4.30. The summed E-state index contributed by atoms with van der Waals surface area (Å²) >= 11 is 0. The summed E-state index contributed by atoms with van der Waals surface area (Å²) in [4.78, 5) is 5.05. The maximum Gasteiger partial charge on any atom is 0.165 e. The maximum atomic E-state index is 9.20. The number of aryl methyl sites for hydroxylation is 3. The second-order valence-corrected chi connectivity index (χ2v) is 7.73. The molecule has 0 spiro atoms. The van der Waals surface area contributed by atoms with Crippen LogP contribution in [0.2, 0.25) is 0 Å². The van der Waals surface area contributed by atoms with Crippen molar-refractivity contribution in [1.29, 1.82) is 5.26 Å². The fourth-order valence-electron chi connectivity index (χ4n) is 4.30. The van der Waals surface area contributed by atoms with Crippen molar-refractivity contribution in [2.45, 2.75) is 65.8 Å². The van der Waals surface area contributed by atoms with Crippen LogP contribution in [0.3, 0.4) is 0 Å². The molecule has 2 heterocycles. The number of benzene rings is 1. The van der Waals surface area contributed by atoms with Crippen molar-refractivity contribution in [1.82, 2.24) is 14.6 Å². The molecule has 0 amide bonds. The predicted octanol–water partition coefficient (Wildman–Crippen LogP) is 4.97. The minimum absolute atomic E-state index is 0.430. The number of anilines is 1. The van der Waals surface area contributed by atoms with Crippen LogP contribution in [0.5, 0.6) is 0 Å². The van der Waals surface area contributed by atoms with Gasteiger partial charge < -0.3 is 5.32 Å². The molecule has 0 radical (unpaired) electrons. The zero-order chi connectivity index (χ0) is 19.8. The van der Waals surface area contributed by atoms with Gasteiger partial charge in [0.05, 0.1) is 17.3 Å². The summed E-state index contributed by atoms with van der Waals surface area (Å²) in [5.41, 5.74) is 8.35. The van der Waals surface area contributed by atoms with Gasteiger partial charge in [-0.15, -0.1) is 0 Å². The molecule has 0 saturated heterocycles. The maximum absolute atomic E-state index is 9.20. The summed E-state index contributed by atoms with van der Waals surface area (Å²) in [6, 6.07) is 8.50. The Bertz CT molecular complexity index is 1080. The lowest BCUT2D eigenvalue weighted by molar-refractivity contribution is 0.661. The summed E-state index contributed by atoms with van der Waals surface area (Å²) in [7, 11) is 0. The standard InChI is InChI=1S/C23H27N5/c1-5-17(6-2)25-22-19-8-7-9-20(19)26-23-21(15(4)27-28(22)23)18-11-10-16(13-24)12-14(18)3/h10-12,17,25H,5-9H2,1-4H3. The Hall–Kier alpha value is -2.87. The van der Waals surface area contributed by atoms with Gasteiger partial charge in [0.1, 0.15) is 5.82 Å². The van der Waals surface area contributed by atoms with Crippen LogP contribution in [0.15, 0.2) is 18.2 Å². The first-order valence-corrected chi connectivity index (χ1v) is 10.3. The van der Waals surface area contributed by atoms with Gasteiger partial charge in [0, 0.05) is 22.9 Å². The molecule has 1 N–H and O–H groups in total. The molecule has 0 bridgehead atoms. The number of nitrogens with one attached hydrogen (secondary N) is 1. The average molecular weight is 374 g/mol. The summed E-state index contributed by atoms with van der Waals surface area (Å²) in [5.74, 6) is 1.12. The zero-order valence-electron chi connectivity index (χ0n) is 17.1. The average Bonchev–Trinajstić information content (AvgIpc) is 3.29. The van der Waals surface area contributed by atoms with Crippen LogP contribution < -0.4 is 5.32 Å². The molecule has 1 aliphatic rings. The lowest BCUT2D eigenvalue weighted by Crippen LogP contribution is -2.21. The largest absolute Gasteiger partial charge is 0.367 e. The highest BCUT2D eigenvalue weighted by Gasteiger charge is 2.25. The van der Waals surface area contributed by atoms with E-state index in [0.29, 0.717) is 11.6 Å². The van der Waals surface area contributed by atoms with Gasteiger partial charge in [-0.2, -0.15) is 14.9 Å².